The van der Waals surface area contributed by atoms with Gasteiger partial charge in [0.05, 0.1) is 0 Å². The number of aryl methyl sites for hydroxylation is 3. The summed E-state index contributed by atoms with van der Waals surface area (Å²) >= 11 is 0. The van der Waals surface area contributed by atoms with Crippen molar-refractivity contribution >= 4 is 17.1 Å². The molecular formula is C23H32N6O3. The lowest BCUT2D eigenvalue weighted by Gasteiger charge is -2.09. The minimum Gasteiger partial charge on any atom is -0.352 e. The Morgan fingerprint density at radius 2 is 1.88 bits per heavy atom. The van der Waals surface area contributed by atoms with E-state index in [-0.39, 0.29) is 12.3 Å². The molecule has 3 heterocycles. The molecule has 0 aliphatic heterocycles. The smallest absolute Gasteiger partial charge is 0.330 e. The molecule has 0 spiro atoms. The first kappa shape index (κ1) is 23.4. The first-order chi connectivity index (χ1) is 15.5. The highest BCUT2D eigenvalue weighted by atomic mass is 16.2. The first-order valence-corrected chi connectivity index (χ1v) is 11.4. The Balaban J connectivity index is 1.84. The number of fused-ring (bicyclic) bond motifs is 1. The van der Waals surface area contributed by atoms with Gasteiger partial charge in [0.25, 0.3) is 5.56 Å². The maximum Gasteiger partial charge on any atom is 0.330 e. The van der Waals surface area contributed by atoms with Crippen LogP contribution in [0, 0.1) is 0 Å². The number of amides is 1. The van der Waals surface area contributed by atoms with Crippen molar-refractivity contribution in [1.82, 2.24) is 29.4 Å². The number of unbranched alkanes of at least 4 members (excludes halogenated alkanes) is 3. The number of carbonyl (C=O) groups excluding carboxylic acids is 1. The number of H-pyrrole nitrogens is 1. The standard InChI is InChI=1S/C23H32N6O3/c1-3-5-7-14-28-18(10-11-19(30)25-16-17-9-8-12-24-15-17)26-21-20(28)22(31)27-23(32)29(21)13-6-4-2/h8-9,12,15H,3-7,10-11,13-14,16H2,1-2H3,(H,25,30)(H,27,31,32). The molecule has 3 aromatic heterocycles. The number of nitrogens with zero attached hydrogens (tertiary/aromatic N) is 4. The number of imidazole rings is 1. The molecule has 1 amide bonds. The molecule has 3 aromatic rings. The molecule has 0 aromatic carbocycles. The van der Waals surface area contributed by atoms with Gasteiger partial charge in [0.15, 0.2) is 11.2 Å². The van der Waals surface area contributed by atoms with E-state index in [2.05, 4.69) is 27.2 Å². The Kier molecular flexibility index (Phi) is 8.35. The van der Waals surface area contributed by atoms with Gasteiger partial charge in [-0.3, -0.25) is 24.1 Å². The van der Waals surface area contributed by atoms with Gasteiger partial charge in [-0.05, 0) is 24.5 Å². The lowest BCUT2D eigenvalue weighted by molar-refractivity contribution is -0.121. The fourth-order valence-electron chi connectivity index (χ4n) is 3.71. The summed E-state index contributed by atoms with van der Waals surface area (Å²) in [7, 11) is 0. The second kappa shape index (κ2) is 11.4. The van der Waals surface area contributed by atoms with Crippen molar-refractivity contribution < 1.29 is 4.79 Å². The molecule has 172 valence electrons. The monoisotopic (exact) mass is 440 g/mol. The molecule has 0 unspecified atom stereocenters. The molecule has 0 radical (unpaired) electrons. The van der Waals surface area contributed by atoms with Gasteiger partial charge in [-0.1, -0.05) is 39.2 Å². The Labute approximate surface area is 186 Å². The zero-order valence-corrected chi connectivity index (χ0v) is 18.9. The Morgan fingerprint density at radius 3 is 2.59 bits per heavy atom. The second-order valence-electron chi connectivity index (χ2n) is 7.96. The first-order valence-electron chi connectivity index (χ1n) is 11.4. The molecule has 3 rings (SSSR count). The maximum atomic E-state index is 12.7. The van der Waals surface area contributed by atoms with E-state index in [1.807, 2.05) is 23.6 Å². The average molecular weight is 441 g/mol. The topological polar surface area (TPSA) is 115 Å². The molecule has 0 aliphatic carbocycles. The second-order valence-corrected chi connectivity index (χ2v) is 7.96. The molecule has 2 N–H and O–H groups in total. The van der Waals surface area contributed by atoms with Crippen LogP contribution in [-0.4, -0.2) is 30.0 Å². The maximum absolute atomic E-state index is 12.7. The number of aromatic amines is 1. The molecule has 0 atom stereocenters. The molecular weight excluding hydrogens is 408 g/mol. The molecule has 0 bridgehead atoms. The fourth-order valence-corrected chi connectivity index (χ4v) is 3.71. The van der Waals surface area contributed by atoms with Gasteiger partial charge in [0.2, 0.25) is 5.91 Å². The van der Waals surface area contributed by atoms with Gasteiger partial charge >= 0.3 is 5.69 Å². The molecule has 0 saturated carbocycles. The summed E-state index contributed by atoms with van der Waals surface area (Å²) in [4.78, 5) is 48.7. The molecule has 0 fully saturated rings. The van der Waals surface area contributed by atoms with Crippen LogP contribution >= 0.6 is 0 Å². The minimum absolute atomic E-state index is 0.0988. The summed E-state index contributed by atoms with van der Waals surface area (Å²) in [6, 6.07) is 3.73. The van der Waals surface area contributed by atoms with E-state index >= 15 is 0 Å². The number of carbonyl (C=O) groups is 1. The quantitative estimate of drug-likeness (QED) is 0.420. The number of hydrogen-bond acceptors (Lipinski definition) is 5. The van der Waals surface area contributed by atoms with Crippen molar-refractivity contribution in [3.05, 3.63) is 56.8 Å². The minimum atomic E-state index is -0.435. The van der Waals surface area contributed by atoms with Crippen molar-refractivity contribution in [2.45, 2.75) is 78.4 Å². The molecule has 0 aliphatic rings. The van der Waals surface area contributed by atoms with Crippen LogP contribution in [0.1, 0.15) is 63.8 Å². The predicted octanol–water partition coefficient (Wildman–Crippen LogP) is 2.52. The summed E-state index contributed by atoms with van der Waals surface area (Å²) in [6.45, 7) is 5.71. The summed E-state index contributed by atoms with van der Waals surface area (Å²) in [5.41, 5.74) is 0.903. The highest BCUT2D eigenvalue weighted by molar-refractivity contribution is 5.76. The Morgan fingerprint density at radius 1 is 1.09 bits per heavy atom. The SMILES string of the molecule is CCCCCn1c(CCC(=O)NCc2cccnc2)nc2c1c(=O)[nH]c(=O)n2CCCC. The summed E-state index contributed by atoms with van der Waals surface area (Å²) < 4.78 is 3.43. The van der Waals surface area contributed by atoms with E-state index in [9.17, 15) is 14.4 Å². The van der Waals surface area contributed by atoms with Crippen molar-refractivity contribution in [2.75, 3.05) is 0 Å². The molecule has 32 heavy (non-hydrogen) atoms. The van der Waals surface area contributed by atoms with Crippen LogP contribution in [0.3, 0.4) is 0 Å². The van der Waals surface area contributed by atoms with Crippen LogP contribution in [0.4, 0.5) is 0 Å². The lowest BCUT2D eigenvalue weighted by atomic mass is 10.2. The van der Waals surface area contributed by atoms with Gasteiger partial charge in [0.1, 0.15) is 5.82 Å². The van der Waals surface area contributed by atoms with Gasteiger partial charge in [-0.15, -0.1) is 0 Å². The van der Waals surface area contributed by atoms with E-state index in [0.29, 0.717) is 43.0 Å². The van der Waals surface area contributed by atoms with Gasteiger partial charge < -0.3 is 9.88 Å². The van der Waals surface area contributed by atoms with Crippen molar-refractivity contribution in [1.29, 1.82) is 0 Å². The zero-order valence-electron chi connectivity index (χ0n) is 18.9. The third-order valence-corrected chi connectivity index (χ3v) is 5.47. The summed E-state index contributed by atoms with van der Waals surface area (Å²) in [5, 5.41) is 2.90. The van der Waals surface area contributed by atoms with Crippen molar-refractivity contribution in [3.8, 4) is 0 Å². The van der Waals surface area contributed by atoms with Crippen LogP contribution in [0.2, 0.25) is 0 Å². The predicted molar refractivity (Wildman–Crippen MR) is 123 cm³/mol. The molecule has 0 saturated heterocycles. The molecule has 9 nitrogen and oxygen atoms in total. The van der Waals surface area contributed by atoms with Crippen LogP contribution in [0.25, 0.3) is 11.2 Å². The third kappa shape index (κ3) is 5.72. The van der Waals surface area contributed by atoms with Crippen LogP contribution in [0.15, 0.2) is 34.1 Å². The van der Waals surface area contributed by atoms with Crippen molar-refractivity contribution in [3.63, 3.8) is 0 Å². The van der Waals surface area contributed by atoms with Gasteiger partial charge in [0, 0.05) is 44.9 Å². The normalized spacial score (nSPS) is 11.2. The van der Waals surface area contributed by atoms with Crippen LogP contribution in [-0.2, 0) is 30.8 Å². The molecule has 9 heteroatoms. The highest BCUT2D eigenvalue weighted by Crippen LogP contribution is 2.15. The zero-order chi connectivity index (χ0) is 22.9. The van der Waals surface area contributed by atoms with Gasteiger partial charge in [-0.2, -0.15) is 0 Å². The lowest BCUT2D eigenvalue weighted by Crippen LogP contribution is -2.31. The summed E-state index contributed by atoms with van der Waals surface area (Å²) in [5.74, 6) is 0.562. The van der Waals surface area contributed by atoms with Crippen LogP contribution in [0.5, 0.6) is 0 Å². The Hall–Kier alpha value is -3.23. The summed E-state index contributed by atoms with van der Waals surface area (Å²) in [6.07, 6.45) is 8.76. The fraction of sp³-hybridized carbons (Fsp3) is 0.522. The van der Waals surface area contributed by atoms with E-state index in [0.717, 1.165) is 37.7 Å². The average Bonchev–Trinajstić information content (AvgIpc) is 3.16. The number of aromatic nitrogens is 5. The van der Waals surface area contributed by atoms with Crippen LogP contribution < -0.4 is 16.6 Å². The highest BCUT2D eigenvalue weighted by Gasteiger charge is 2.19. The number of hydrogen-bond donors (Lipinski definition) is 2. The third-order valence-electron chi connectivity index (χ3n) is 5.47. The van der Waals surface area contributed by atoms with E-state index in [1.165, 1.54) is 0 Å². The van der Waals surface area contributed by atoms with E-state index < -0.39 is 11.2 Å². The van der Waals surface area contributed by atoms with Crippen molar-refractivity contribution in [2.24, 2.45) is 0 Å². The largest absolute Gasteiger partial charge is 0.352 e. The van der Waals surface area contributed by atoms with Gasteiger partial charge in [-0.25, -0.2) is 9.78 Å². The van der Waals surface area contributed by atoms with E-state index in [1.54, 1.807) is 17.0 Å². The van der Waals surface area contributed by atoms with E-state index in [4.69, 9.17) is 0 Å². The number of rotatable bonds is 12. The number of pyridine rings is 1. The number of nitrogens with one attached hydrogen (secondary N) is 2. The Bertz CT molecular complexity index is 1150.